The molecule has 3 rings (SSSR count). The monoisotopic (exact) mass is 352 g/mol. The van der Waals surface area contributed by atoms with E-state index in [0.29, 0.717) is 22.6 Å². The summed E-state index contributed by atoms with van der Waals surface area (Å²) < 4.78 is 1.51. The number of thioether (sulfide) groups is 1. The highest BCUT2D eigenvalue weighted by Gasteiger charge is 2.22. The number of carbonyl (C=O) groups is 2. The fraction of sp³-hybridized carbons (Fsp3) is 0.105. The highest BCUT2D eigenvalue weighted by Crippen LogP contribution is 2.22. The Balaban J connectivity index is 2.13. The molecule has 6 heteroatoms. The molecule has 0 aliphatic heterocycles. The molecule has 1 aromatic heterocycles. The molecule has 0 saturated heterocycles. The van der Waals surface area contributed by atoms with Crippen LogP contribution in [0.5, 0.6) is 0 Å². The van der Waals surface area contributed by atoms with Crippen molar-refractivity contribution in [2.75, 3.05) is 5.75 Å². The average molecular weight is 352 g/mol. The smallest absolute Gasteiger partial charge is 0.336 e. The third-order valence-electron chi connectivity index (χ3n) is 3.69. The number of carbonyl (C=O) groups excluding carboxylic acids is 1. The molecule has 0 bridgehead atoms. The van der Waals surface area contributed by atoms with Gasteiger partial charge in [0, 0.05) is 5.75 Å². The number of nitrogens with zero attached hydrogens (tertiary/aromatic N) is 2. The van der Waals surface area contributed by atoms with Gasteiger partial charge in [-0.2, -0.15) is 0 Å². The summed E-state index contributed by atoms with van der Waals surface area (Å²) in [7, 11) is 0. The van der Waals surface area contributed by atoms with Crippen molar-refractivity contribution in [2.24, 2.45) is 0 Å². The molecule has 25 heavy (non-hydrogen) atoms. The van der Waals surface area contributed by atoms with E-state index in [2.05, 4.69) is 11.6 Å². The number of carboxylic acids is 1. The average Bonchev–Trinajstić information content (AvgIpc) is 2.99. The first-order chi connectivity index (χ1) is 12.1. The largest absolute Gasteiger partial charge is 0.478 e. The first-order valence-corrected chi connectivity index (χ1v) is 8.81. The minimum Gasteiger partial charge on any atom is -0.478 e. The molecule has 0 fully saturated rings. The van der Waals surface area contributed by atoms with Crippen molar-refractivity contribution in [3.05, 3.63) is 78.1 Å². The van der Waals surface area contributed by atoms with Crippen LogP contribution >= 0.6 is 11.8 Å². The zero-order chi connectivity index (χ0) is 17.8. The predicted molar refractivity (Wildman–Crippen MR) is 99.2 cm³/mol. The second kappa shape index (κ2) is 7.36. The molecule has 5 nitrogen and oxygen atoms in total. The number of hydrogen-bond donors (Lipinski definition) is 1. The van der Waals surface area contributed by atoms with Gasteiger partial charge in [0.2, 0.25) is 0 Å². The maximum atomic E-state index is 13.1. The molecule has 0 unspecified atom stereocenters. The van der Waals surface area contributed by atoms with Crippen LogP contribution < -0.4 is 0 Å². The van der Waals surface area contributed by atoms with Crippen LogP contribution in [0.2, 0.25) is 0 Å². The Morgan fingerprint density at radius 3 is 2.52 bits per heavy atom. The molecule has 1 N–H and O–H groups in total. The second-order valence-corrected chi connectivity index (χ2v) is 6.34. The maximum absolute atomic E-state index is 13.1. The van der Waals surface area contributed by atoms with Crippen LogP contribution in [0.25, 0.3) is 11.0 Å². The van der Waals surface area contributed by atoms with Gasteiger partial charge in [0.05, 0.1) is 27.9 Å². The van der Waals surface area contributed by atoms with Gasteiger partial charge in [0.25, 0.3) is 5.91 Å². The number of imidazole rings is 1. The van der Waals surface area contributed by atoms with Gasteiger partial charge in [0.1, 0.15) is 5.82 Å². The van der Waals surface area contributed by atoms with Gasteiger partial charge in [-0.05, 0) is 24.3 Å². The highest BCUT2D eigenvalue weighted by atomic mass is 32.2. The molecule has 0 amide bonds. The van der Waals surface area contributed by atoms with E-state index < -0.39 is 5.97 Å². The number of para-hydroxylation sites is 2. The van der Waals surface area contributed by atoms with Crippen LogP contribution in [-0.4, -0.2) is 32.3 Å². The molecule has 0 aliphatic rings. The highest BCUT2D eigenvalue weighted by molar-refractivity contribution is 7.98. The van der Waals surface area contributed by atoms with E-state index in [-0.39, 0.29) is 17.0 Å². The predicted octanol–water partition coefficient (Wildman–Crippen LogP) is 3.84. The molecular weight excluding hydrogens is 336 g/mol. The molecule has 0 atom stereocenters. The minimum absolute atomic E-state index is 0.0185. The van der Waals surface area contributed by atoms with Crippen molar-refractivity contribution in [1.29, 1.82) is 0 Å². The SMILES string of the molecule is C=CCSCc1nc2ccccc2n1C(=O)c1ccccc1C(=O)O. The van der Waals surface area contributed by atoms with Crippen LogP contribution in [0.3, 0.4) is 0 Å². The first kappa shape index (κ1) is 17.0. The normalized spacial score (nSPS) is 10.7. The van der Waals surface area contributed by atoms with Crippen LogP contribution in [0.15, 0.2) is 61.2 Å². The van der Waals surface area contributed by atoms with E-state index in [4.69, 9.17) is 0 Å². The van der Waals surface area contributed by atoms with Gasteiger partial charge in [-0.3, -0.25) is 9.36 Å². The second-order valence-electron chi connectivity index (χ2n) is 5.31. The van der Waals surface area contributed by atoms with Gasteiger partial charge in [-0.15, -0.1) is 18.3 Å². The summed E-state index contributed by atoms with van der Waals surface area (Å²) >= 11 is 1.59. The molecule has 126 valence electrons. The third kappa shape index (κ3) is 3.34. The third-order valence-corrected chi connectivity index (χ3v) is 4.62. The Labute approximate surface area is 149 Å². The summed E-state index contributed by atoms with van der Waals surface area (Å²) in [6, 6.07) is 13.6. The summed E-state index contributed by atoms with van der Waals surface area (Å²) in [5.74, 6) is 0.347. The molecule has 0 spiro atoms. The summed E-state index contributed by atoms with van der Waals surface area (Å²) in [6.45, 7) is 3.69. The van der Waals surface area contributed by atoms with Crippen LogP contribution in [-0.2, 0) is 5.75 Å². The maximum Gasteiger partial charge on any atom is 0.336 e. The Bertz CT molecular complexity index is 962. The lowest BCUT2D eigenvalue weighted by molar-refractivity contribution is 0.0691. The minimum atomic E-state index is -1.13. The zero-order valence-electron chi connectivity index (χ0n) is 13.4. The van der Waals surface area contributed by atoms with Crippen molar-refractivity contribution < 1.29 is 14.7 Å². The Hall–Kier alpha value is -2.86. The van der Waals surface area contributed by atoms with Crippen molar-refractivity contribution in [3.63, 3.8) is 0 Å². The fourth-order valence-electron chi connectivity index (χ4n) is 2.61. The van der Waals surface area contributed by atoms with Gasteiger partial charge in [-0.1, -0.05) is 30.3 Å². The van der Waals surface area contributed by atoms with E-state index in [1.54, 1.807) is 30.0 Å². The molecule has 0 aliphatic carbocycles. The number of carboxylic acid groups (broad SMARTS) is 1. The quantitative estimate of drug-likeness (QED) is 0.539. The number of hydrogen-bond acceptors (Lipinski definition) is 4. The molecule has 3 aromatic rings. The summed E-state index contributed by atoms with van der Waals surface area (Å²) in [4.78, 5) is 29.1. The number of rotatable bonds is 6. The van der Waals surface area contributed by atoms with Crippen molar-refractivity contribution in [2.45, 2.75) is 5.75 Å². The number of fused-ring (bicyclic) bond motifs is 1. The van der Waals surface area contributed by atoms with E-state index >= 15 is 0 Å². The molecule has 1 heterocycles. The molecule has 2 aromatic carbocycles. The van der Waals surface area contributed by atoms with E-state index in [9.17, 15) is 14.7 Å². The Morgan fingerprint density at radius 1 is 1.12 bits per heavy atom. The first-order valence-electron chi connectivity index (χ1n) is 7.65. The van der Waals surface area contributed by atoms with Crippen LogP contribution in [0.1, 0.15) is 26.5 Å². The summed E-state index contributed by atoms with van der Waals surface area (Å²) in [5, 5.41) is 9.38. The fourth-order valence-corrected chi connectivity index (χ4v) is 3.27. The lowest BCUT2D eigenvalue weighted by Crippen LogP contribution is -2.18. The number of aromatic carboxylic acids is 1. The molecule has 0 saturated carbocycles. The topological polar surface area (TPSA) is 72.2 Å². The van der Waals surface area contributed by atoms with Crippen molar-refractivity contribution >= 4 is 34.7 Å². The Kier molecular flexibility index (Phi) is 5.00. The zero-order valence-corrected chi connectivity index (χ0v) is 14.2. The number of benzene rings is 2. The van der Waals surface area contributed by atoms with E-state index in [1.807, 2.05) is 24.3 Å². The van der Waals surface area contributed by atoms with Gasteiger partial charge in [-0.25, -0.2) is 9.78 Å². The summed E-state index contributed by atoms with van der Waals surface area (Å²) in [6.07, 6.45) is 1.79. The Morgan fingerprint density at radius 2 is 1.80 bits per heavy atom. The van der Waals surface area contributed by atoms with Gasteiger partial charge >= 0.3 is 5.97 Å². The summed E-state index contributed by atoms with van der Waals surface area (Å²) in [5.41, 5.74) is 1.50. The molecule has 0 radical (unpaired) electrons. The van der Waals surface area contributed by atoms with E-state index in [1.165, 1.54) is 16.7 Å². The van der Waals surface area contributed by atoms with Gasteiger partial charge < -0.3 is 5.11 Å². The van der Waals surface area contributed by atoms with Gasteiger partial charge in [0.15, 0.2) is 0 Å². The lowest BCUT2D eigenvalue weighted by Gasteiger charge is -2.10. The standard InChI is InChI=1S/C19H16N2O3S/c1-2-11-25-12-17-20-15-9-5-6-10-16(15)21(17)18(22)13-7-3-4-8-14(13)19(23)24/h2-10H,1,11-12H2,(H,23,24). The lowest BCUT2D eigenvalue weighted by atomic mass is 10.1. The van der Waals surface area contributed by atoms with Crippen LogP contribution in [0, 0.1) is 0 Å². The van der Waals surface area contributed by atoms with Crippen LogP contribution in [0.4, 0.5) is 0 Å². The van der Waals surface area contributed by atoms with Crippen molar-refractivity contribution in [3.8, 4) is 0 Å². The van der Waals surface area contributed by atoms with Crippen molar-refractivity contribution in [1.82, 2.24) is 9.55 Å². The van der Waals surface area contributed by atoms with E-state index in [0.717, 1.165) is 5.75 Å². The number of aromatic nitrogens is 2. The molecular formula is C19H16N2O3S.